The van der Waals surface area contributed by atoms with Crippen LogP contribution in [0.15, 0.2) is 18.2 Å². The van der Waals surface area contributed by atoms with Gasteiger partial charge in [0, 0.05) is 6.04 Å². The second kappa shape index (κ2) is 8.92. The Morgan fingerprint density at radius 3 is 2.75 bits per heavy atom. The summed E-state index contributed by atoms with van der Waals surface area (Å²) < 4.78 is 10.3. The number of nitrogens with one attached hydrogen (secondary N) is 1. The van der Waals surface area contributed by atoms with Crippen LogP contribution in [0.3, 0.4) is 0 Å². The highest BCUT2D eigenvalue weighted by molar-refractivity contribution is 6.32. The lowest BCUT2D eigenvalue weighted by atomic mass is 9.86. The molecule has 1 aromatic carbocycles. The van der Waals surface area contributed by atoms with Crippen LogP contribution in [-0.4, -0.2) is 31.1 Å². The third-order valence-electron chi connectivity index (χ3n) is 4.25. The van der Waals surface area contributed by atoms with E-state index in [-0.39, 0.29) is 25.2 Å². The molecule has 0 saturated heterocycles. The number of carbonyl (C=O) groups is 2. The summed E-state index contributed by atoms with van der Waals surface area (Å²) in [5.41, 5.74) is 0.976. The van der Waals surface area contributed by atoms with Crippen LogP contribution >= 0.6 is 11.6 Å². The largest absolute Gasteiger partial charge is 0.480 e. The molecule has 132 valence electrons. The summed E-state index contributed by atoms with van der Waals surface area (Å²) in [6.45, 7) is 3.47. The lowest BCUT2D eigenvalue weighted by Gasteiger charge is -2.29. The topological polar surface area (TPSA) is 64.6 Å². The highest BCUT2D eigenvalue weighted by Gasteiger charge is 2.23. The number of amides is 1. The van der Waals surface area contributed by atoms with E-state index < -0.39 is 5.97 Å². The van der Waals surface area contributed by atoms with Crippen LogP contribution in [0.25, 0.3) is 0 Å². The summed E-state index contributed by atoms with van der Waals surface area (Å²) in [5, 5.41) is 3.36. The Kier molecular flexibility index (Phi) is 6.91. The Morgan fingerprint density at radius 1 is 1.25 bits per heavy atom. The van der Waals surface area contributed by atoms with Crippen molar-refractivity contribution in [2.45, 2.75) is 45.6 Å². The number of halogens is 1. The van der Waals surface area contributed by atoms with Gasteiger partial charge in [0.25, 0.3) is 5.91 Å². The molecule has 1 aliphatic carbocycles. The highest BCUT2D eigenvalue weighted by Crippen LogP contribution is 2.25. The van der Waals surface area contributed by atoms with E-state index in [1.165, 1.54) is 6.42 Å². The van der Waals surface area contributed by atoms with Gasteiger partial charge in [-0.05, 0) is 43.4 Å². The van der Waals surface area contributed by atoms with E-state index in [0.29, 0.717) is 16.7 Å². The molecule has 0 radical (unpaired) electrons. The molecule has 0 unspecified atom stereocenters. The van der Waals surface area contributed by atoms with Gasteiger partial charge < -0.3 is 14.8 Å². The van der Waals surface area contributed by atoms with Gasteiger partial charge in [-0.2, -0.15) is 0 Å². The van der Waals surface area contributed by atoms with Gasteiger partial charge in [0.1, 0.15) is 5.75 Å². The van der Waals surface area contributed by atoms with Crippen molar-refractivity contribution in [3.63, 3.8) is 0 Å². The normalized spacial score (nSPS) is 20.3. The van der Waals surface area contributed by atoms with Crippen molar-refractivity contribution >= 4 is 23.5 Å². The maximum Gasteiger partial charge on any atom is 0.344 e. The molecule has 1 saturated carbocycles. The van der Waals surface area contributed by atoms with Gasteiger partial charge in [-0.3, -0.25) is 4.79 Å². The molecule has 2 atom stereocenters. The Balaban J connectivity index is 1.70. The smallest absolute Gasteiger partial charge is 0.344 e. The second-order valence-electron chi connectivity index (χ2n) is 6.32. The summed E-state index contributed by atoms with van der Waals surface area (Å²) in [6, 6.07) is 5.47. The number of benzene rings is 1. The quantitative estimate of drug-likeness (QED) is 0.797. The minimum atomic E-state index is -0.598. The predicted molar refractivity (Wildman–Crippen MR) is 92.2 cm³/mol. The fraction of sp³-hybridized carbons (Fsp3) is 0.556. The van der Waals surface area contributed by atoms with Crippen LogP contribution in [0.4, 0.5) is 0 Å². The van der Waals surface area contributed by atoms with Crippen LogP contribution in [0.2, 0.25) is 5.02 Å². The lowest BCUT2D eigenvalue weighted by molar-refractivity contribution is -0.150. The van der Waals surface area contributed by atoms with Crippen LogP contribution in [0.1, 0.15) is 38.2 Å². The molecular weight excluding hydrogens is 330 g/mol. The van der Waals surface area contributed by atoms with Gasteiger partial charge in [-0.25, -0.2) is 4.79 Å². The molecular formula is C18H24ClNO4. The predicted octanol–water partition coefficient (Wildman–Crippen LogP) is 3.27. The number of hydrogen-bond acceptors (Lipinski definition) is 4. The first-order valence-corrected chi connectivity index (χ1v) is 8.67. The molecule has 1 amide bonds. The SMILES string of the molecule is Cc1ccc(Cl)c(OCC(=O)OCC(=O)N[C@@H]2CCCC[C@@H]2C)c1. The molecule has 1 N–H and O–H groups in total. The van der Waals surface area contributed by atoms with E-state index in [2.05, 4.69) is 12.2 Å². The average molecular weight is 354 g/mol. The van der Waals surface area contributed by atoms with Gasteiger partial charge in [0.15, 0.2) is 13.2 Å². The van der Waals surface area contributed by atoms with E-state index in [9.17, 15) is 9.59 Å². The maximum absolute atomic E-state index is 11.9. The van der Waals surface area contributed by atoms with E-state index >= 15 is 0 Å². The lowest BCUT2D eigenvalue weighted by Crippen LogP contribution is -2.43. The Morgan fingerprint density at radius 2 is 2.00 bits per heavy atom. The first-order chi connectivity index (χ1) is 11.5. The summed E-state index contributed by atoms with van der Waals surface area (Å²) in [7, 11) is 0. The number of ether oxygens (including phenoxy) is 2. The molecule has 0 bridgehead atoms. The number of aryl methyl sites for hydroxylation is 1. The van der Waals surface area contributed by atoms with Crippen molar-refractivity contribution in [2.75, 3.05) is 13.2 Å². The number of carbonyl (C=O) groups excluding carboxylic acids is 2. The molecule has 6 heteroatoms. The Hall–Kier alpha value is -1.75. The van der Waals surface area contributed by atoms with Gasteiger partial charge >= 0.3 is 5.97 Å². The first kappa shape index (κ1) is 18.6. The molecule has 24 heavy (non-hydrogen) atoms. The van der Waals surface area contributed by atoms with Crippen molar-refractivity contribution in [3.8, 4) is 5.75 Å². The van der Waals surface area contributed by atoms with E-state index in [1.807, 2.05) is 13.0 Å². The summed E-state index contributed by atoms with van der Waals surface area (Å²) in [4.78, 5) is 23.6. The summed E-state index contributed by atoms with van der Waals surface area (Å²) >= 11 is 5.99. The number of hydrogen-bond donors (Lipinski definition) is 1. The van der Waals surface area contributed by atoms with Crippen molar-refractivity contribution in [3.05, 3.63) is 28.8 Å². The van der Waals surface area contributed by atoms with Crippen molar-refractivity contribution in [1.82, 2.24) is 5.32 Å². The van der Waals surface area contributed by atoms with Crippen molar-refractivity contribution < 1.29 is 19.1 Å². The first-order valence-electron chi connectivity index (χ1n) is 8.29. The molecule has 1 fully saturated rings. The van der Waals surface area contributed by atoms with Gasteiger partial charge in [-0.1, -0.05) is 37.4 Å². The molecule has 0 heterocycles. The molecule has 0 aromatic heterocycles. The zero-order chi connectivity index (χ0) is 17.5. The highest BCUT2D eigenvalue weighted by atomic mass is 35.5. The third-order valence-corrected chi connectivity index (χ3v) is 4.57. The van der Waals surface area contributed by atoms with Gasteiger partial charge in [-0.15, -0.1) is 0 Å². The van der Waals surface area contributed by atoms with Crippen molar-refractivity contribution in [1.29, 1.82) is 0 Å². The van der Waals surface area contributed by atoms with Crippen LogP contribution in [-0.2, 0) is 14.3 Å². The van der Waals surface area contributed by atoms with E-state index in [4.69, 9.17) is 21.1 Å². The Bertz CT molecular complexity index is 590. The van der Waals surface area contributed by atoms with Crippen LogP contribution in [0.5, 0.6) is 5.75 Å². The standard InChI is InChI=1S/C18H24ClNO4/c1-12-7-8-14(19)16(9-12)23-11-18(22)24-10-17(21)20-15-6-4-3-5-13(15)2/h7-9,13,15H,3-6,10-11H2,1-2H3,(H,20,21)/t13-,15+/m0/s1. The molecule has 5 nitrogen and oxygen atoms in total. The monoisotopic (exact) mass is 353 g/mol. The minimum absolute atomic E-state index is 0.173. The Labute approximate surface area is 147 Å². The third kappa shape index (κ3) is 5.71. The molecule has 1 aromatic rings. The fourth-order valence-electron chi connectivity index (χ4n) is 2.82. The van der Waals surface area contributed by atoms with Gasteiger partial charge in [0.05, 0.1) is 5.02 Å². The zero-order valence-electron chi connectivity index (χ0n) is 14.1. The molecule has 0 spiro atoms. The molecule has 2 rings (SSSR count). The second-order valence-corrected chi connectivity index (χ2v) is 6.73. The van der Waals surface area contributed by atoms with Gasteiger partial charge in [0.2, 0.25) is 0 Å². The number of esters is 1. The summed E-state index contributed by atoms with van der Waals surface area (Å²) in [6.07, 6.45) is 4.44. The number of rotatable bonds is 6. The maximum atomic E-state index is 11.9. The molecule has 1 aliphatic rings. The summed E-state index contributed by atoms with van der Waals surface area (Å²) in [5.74, 6) is 0.0226. The van der Waals surface area contributed by atoms with Crippen LogP contribution < -0.4 is 10.1 Å². The average Bonchev–Trinajstić information content (AvgIpc) is 2.56. The van der Waals surface area contributed by atoms with E-state index in [1.54, 1.807) is 12.1 Å². The fourth-order valence-corrected chi connectivity index (χ4v) is 3.00. The van der Waals surface area contributed by atoms with Crippen LogP contribution in [0, 0.1) is 12.8 Å². The van der Waals surface area contributed by atoms with E-state index in [0.717, 1.165) is 24.8 Å². The minimum Gasteiger partial charge on any atom is -0.480 e. The molecule has 0 aliphatic heterocycles. The van der Waals surface area contributed by atoms with Crippen molar-refractivity contribution in [2.24, 2.45) is 5.92 Å². The zero-order valence-corrected chi connectivity index (χ0v) is 14.9.